The van der Waals surface area contributed by atoms with E-state index in [0.29, 0.717) is 0 Å². The van der Waals surface area contributed by atoms with Crippen molar-refractivity contribution in [3.8, 4) is 0 Å². The van der Waals surface area contributed by atoms with Gasteiger partial charge in [0.2, 0.25) is 0 Å². The van der Waals surface area contributed by atoms with Crippen LogP contribution in [0.2, 0.25) is 0 Å². The van der Waals surface area contributed by atoms with Gasteiger partial charge >= 0.3 is 15.6 Å². The summed E-state index contributed by atoms with van der Waals surface area (Å²) in [6.45, 7) is 0. The molecule has 0 radical (unpaired) electrons. The molecule has 7 N–H and O–H groups in total. The zero-order valence-corrected chi connectivity index (χ0v) is 10.9. The molecule has 0 atom stereocenters. The monoisotopic (exact) mass is 315 g/mol. The average Bonchev–Trinajstić information content (AvgIpc) is 2.11. The van der Waals surface area contributed by atoms with E-state index in [9.17, 15) is 9.13 Å². The van der Waals surface area contributed by atoms with E-state index in [1.165, 1.54) is 18.2 Å². The number of pyridine rings is 1. The first-order valence-corrected chi connectivity index (χ1v) is 7.58. The van der Waals surface area contributed by atoms with E-state index in [0.717, 1.165) is 0 Å². The number of nitrogens with two attached hydrogens (primary N) is 1. The van der Waals surface area contributed by atoms with Crippen LogP contribution < -0.4 is 11.1 Å². The lowest BCUT2D eigenvalue weighted by molar-refractivity contribution is -0.0128. The number of nitrogens with zero attached hydrogens (tertiary/aromatic N) is 1. The number of anilines is 2. The maximum atomic E-state index is 10.6. The fourth-order valence-corrected chi connectivity index (χ4v) is 1.73. The number of phosphoric acid groups is 2. The Morgan fingerprint density at radius 3 is 2.11 bits per heavy atom. The van der Waals surface area contributed by atoms with Gasteiger partial charge in [-0.2, -0.15) is 0 Å². The smallest absolute Gasteiger partial charge is 0.384 e. The van der Waals surface area contributed by atoms with E-state index >= 15 is 0 Å². The number of aromatic nitrogens is 1. The maximum absolute atomic E-state index is 10.6. The summed E-state index contributed by atoms with van der Waals surface area (Å²) in [7, 11) is -10.1. The molecule has 13 heteroatoms. The van der Waals surface area contributed by atoms with Crippen LogP contribution in [0.4, 0.5) is 11.6 Å². The summed E-state index contributed by atoms with van der Waals surface area (Å²) in [6.07, 6.45) is -2.11. The zero-order valence-electron chi connectivity index (χ0n) is 9.15. The van der Waals surface area contributed by atoms with Crippen molar-refractivity contribution in [2.45, 2.75) is 6.41 Å². The second-order valence-electron chi connectivity index (χ2n) is 3.12. The normalized spacial score (nSPS) is 12.7. The number of phosphoric ester groups is 2. The lowest BCUT2D eigenvalue weighted by atomic mass is 10.4. The van der Waals surface area contributed by atoms with Crippen molar-refractivity contribution in [3.63, 3.8) is 0 Å². The third-order valence-corrected chi connectivity index (χ3v) is 2.43. The topological polar surface area (TPSA) is 184 Å². The molecule has 0 amide bonds. The van der Waals surface area contributed by atoms with Crippen molar-refractivity contribution in [2.24, 2.45) is 0 Å². The van der Waals surface area contributed by atoms with Gasteiger partial charge in [0.15, 0.2) is 0 Å². The Labute approximate surface area is 106 Å². The largest absolute Gasteiger partial charge is 0.473 e. The molecule has 0 aromatic carbocycles. The van der Waals surface area contributed by atoms with Gasteiger partial charge in [-0.05, 0) is 12.1 Å². The highest BCUT2D eigenvalue weighted by Gasteiger charge is 2.29. The van der Waals surface area contributed by atoms with Crippen LogP contribution in [-0.2, 0) is 18.2 Å². The molecule has 19 heavy (non-hydrogen) atoms. The minimum atomic E-state index is -5.05. The number of nitrogen functional groups attached to an aromatic ring is 1. The van der Waals surface area contributed by atoms with Gasteiger partial charge in [-0.15, -0.1) is 0 Å². The molecule has 0 aliphatic heterocycles. The van der Waals surface area contributed by atoms with Gasteiger partial charge in [0.05, 0.1) is 0 Å². The summed E-state index contributed by atoms with van der Waals surface area (Å²) in [5, 5.41) is 2.11. The van der Waals surface area contributed by atoms with Gasteiger partial charge in [-0.1, -0.05) is 6.07 Å². The molecule has 0 fully saturated rings. The fourth-order valence-electron chi connectivity index (χ4n) is 0.974. The lowest BCUT2D eigenvalue weighted by Crippen LogP contribution is -2.25. The van der Waals surface area contributed by atoms with Crippen LogP contribution in [0.3, 0.4) is 0 Å². The van der Waals surface area contributed by atoms with E-state index in [1.807, 2.05) is 0 Å². The molecule has 1 aromatic rings. The fraction of sp³-hybridized carbons (Fsp3) is 0.167. The van der Waals surface area contributed by atoms with Crippen LogP contribution >= 0.6 is 15.6 Å². The molecule has 0 saturated carbocycles. The first kappa shape index (κ1) is 16.0. The number of hydrogen-bond acceptors (Lipinski definition) is 7. The maximum Gasteiger partial charge on any atom is 0.473 e. The molecule has 1 aromatic heterocycles. The van der Waals surface area contributed by atoms with Crippen molar-refractivity contribution in [1.29, 1.82) is 0 Å². The van der Waals surface area contributed by atoms with E-state index in [4.69, 9.17) is 25.3 Å². The van der Waals surface area contributed by atoms with Gasteiger partial charge < -0.3 is 30.6 Å². The molecule has 1 heterocycles. The molecule has 108 valence electrons. The standard InChI is InChI=1S/C6H11N3O8P2/c7-4-2-1-3-5(8-4)9-6(16-18(10,11)12)17-19(13,14)15/h1-3,6H,(H3,7,8,9)(H2,10,11,12)(H2,13,14,15). The predicted octanol–water partition coefficient (Wildman–Crippen LogP) is -0.422. The summed E-state index contributed by atoms with van der Waals surface area (Å²) in [6, 6.07) is 4.18. The molecule has 0 bridgehead atoms. The highest BCUT2D eigenvalue weighted by Crippen LogP contribution is 2.44. The van der Waals surface area contributed by atoms with Gasteiger partial charge in [-0.3, -0.25) is 0 Å². The summed E-state index contributed by atoms with van der Waals surface area (Å²) in [4.78, 5) is 38.0. The second kappa shape index (κ2) is 5.95. The minimum absolute atomic E-state index is 0.0631. The van der Waals surface area contributed by atoms with Crippen LogP contribution in [0, 0.1) is 0 Å². The van der Waals surface area contributed by atoms with Crippen LogP contribution in [0.5, 0.6) is 0 Å². The Morgan fingerprint density at radius 2 is 1.68 bits per heavy atom. The summed E-state index contributed by atoms with van der Waals surface area (Å²) in [5.41, 5.74) is 5.35. The first-order chi connectivity index (χ1) is 8.55. The summed E-state index contributed by atoms with van der Waals surface area (Å²) in [5.74, 6) is 0.00279. The number of nitrogens with one attached hydrogen (secondary N) is 1. The second-order valence-corrected chi connectivity index (χ2v) is 5.50. The molecule has 11 nitrogen and oxygen atoms in total. The zero-order chi connectivity index (χ0) is 14.7. The van der Waals surface area contributed by atoms with Gasteiger partial charge in [0, 0.05) is 0 Å². The Balaban J connectivity index is 2.85. The van der Waals surface area contributed by atoms with Crippen LogP contribution in [0.25, 0.3) is 0 Å². The highest BCUT2D eigenvalue weighted by molar-refractivity contribution is 7.47. The first-order valence-electron chi connectivity index (χ1n) is 4.52. The average molecular weight is 315 g/mol. The van der Waals surface area contributed by atoms with Crippen molar-refractivity contribution < 1.29 is 37.8 Å². The Morgan fingerprint density at radius 1 is 1.16 bits per heavy atom. The molecular formula is C6H11N3O8P2. The van der Waals surface area contributed by atoms with Crippen molar-refractivity contribution in [2.75, 3.05) is 11.1 Å². The van der Waals surface area contributed by atoms with Crippen LogP contribution in [-0.4, -0.2) is 31.0 Å². The van der Waals surface area contributed by atoms with E-state index in [-0.39, 0.29) is 11.6 Å². The highest BCUT2D eigenvalue weighted by atomic mass is 31.2. The molecule has 0 aliphatic rings. The Bertz CT molecular complexity index is 503. The van der Waals surface area contributed by atoms with Gasteiger partial charge in [0.25, 0.3) is 6.41 Å². The Hall–Kier alpha value is -1.03. The third kappa shape index (κ3) is 7.21. The summed E-state index contributed by atoms with van der Waals surface area (Å²) < 4.78 is 29.3. The predicted molar refractivity (Wildman–Crippen MR) is 62.3 cm³/mol. The lowest BCUT2D eigenvalue weighted by Gasteiger charge is -2.20. The number of rotatable bonds is 6. The molecular weight excluding hydrogens is 304 g/mol. The van der Waals surface area contributed by atoms with Crippen molar-refractivity contribution in [3.05, 3.63) is 18.2 Å². The quantitative estimate of drug-likeness (QED) is 0.296. The number of hydrogen-bond donors (Lipinski definition) is 6. The van der Waals surface area contributed by atoms with Crippen molar-refractivity contribution >= 4 is 27.3 Å². The Kier molecular flexibility index (Phi) is 5.02. The SMILES string of the molecule is Nc1cccc(NC(OP(=O)(O)O)OP(=O)(O)O)n1. The molecule has 0 unspecified atom stereocenters. The van der Waals surface area contributed by atoms with E-state index in [1.54, 1.807) is 0 Å². The van der Waals surface area contributed by atoms with Gasteiger partial charge in [0.1, 0.15) is 11.6 Å². The molecule has 0 aliphatic carbocycles. The molecule has 0 spiro atoms. The minimum Gasteiger partial charge on any atom is -0.384 e. The van der Waals surface area contributed by atoms with E-state index in [2.05, 4.69) is 19.3 Å². The molecule has 1 rings (SSSR count). The van der Waals surface area contributed by atoms with Crippen LogP contribution in [0.1, 0.15) is 0 Å². The third-order valence-electron chi connectivity index (χ3n) is 1.50. The summed E-state index contributed by atoms with van der Waals surface area (Å²) >= 11 is 0. The molecule has 0 saturated heterocycles. The van der Waals surface area contributed by atoms with Crippen LogP contribution in [0.15, 0.2) is 18.2 Å². The van der Waals surface area contributed by atoms with Crippen molar-refractivity contribution in [1.82, 2.24) is 4.98 Å². The van der Waals surface area contributed by atoms with Gasteiger partial charge in [-0.25, -0.2) is 23.2 Å². The van der Waals surface area contributed by atoms with E-state index < -0.39 is 22.1 Å².